The number of nitrogens with zero attached hydrogens (tertiary/aromatic N) is 3. The molecule has 0 spiro atoms. The lowest BCUT2D eigenvalue weighted by Crippen LogP contribution is -2.44. The van der Waals surface area contributed by atoms with Crippen molar-refractivity contribution in [3.63, 3.8) is 0 Å². The van der Waals surface area contributed by atoms with E-state index in [9.17, 15) is 4.79 Å². The molecule has 24 heavy (non-hydrogen) atoms. The number of fused-ring (bicyclic) bond motifs is 1. The third-order valence-corrected chi connectivity index (χ3v) is 4.63. The van der Waals surface area contributed by atoms with Crippen LogP contribution in [0.5, 0.6) is 0 Å². The van der Waals surface area contributed by atoms with Crippen LogP contribution in [0.1, 0.15) is 30.1 Å². The molecular formula is C17H20N4O3. The molecule has 2 aromatic rings. The van der Waals surface area contributed by atoms with Crippen LogP contribution in [0.3, 0.4) is 0 Å². The van der Waals surface area contributed by atoms with Crippen molar-refractivity contribution in [3.05, 3.63) is 47.5 Å². The van der Waals surface area contributed by atoms with Gasteiger partial charge in [-0.25, -0.2) is 0 Å². The number of carbonyl (C=O) groups excluding carboxylic acids is 1. The summed E-state index contributed by atoms with van der Waals surface area (Å²) in [7, 11) is 0. The lowest BCUT2D eigenvalue weighted by atomic mass is 9.90. The molecule has 1 saturated heterocycles. The molecule has 4 rings (SSSR count). The van der Waals surface area contributed by atoms with Crippen LogP contribution < -0.4 is 5.32 Å². The van der Waals surface area contributed by atoms with E-state index in [4.69, 9.17) is 9.47 Å². The molecule has 1 unspecified atom stereocenters. The smallest absolute Gasteiger partial charge is 0.257 e. The van der Waals surface area contributed by atoms with Crippen LogP contribution in [0.15, 0.2) is 30.3 Å². The van der Waals surface area contributed by atoms with E-state index < -0.39 is 5.60 Å². The third-order valence-electron chi connectivity index (χ3n) is 4.63. The number of carbonyl (C=O) groups is 1. The summed E-state index contributed by atoms with van der Waals surface area (Å²) >= 11 is 0. The summed E-state index contributed by atoms with van der Waals surface area (Å²) in [6.07, 6.45) is 1.56. The first kappa shape index (κ1) is 15.3. The minimum Gasteiger partial charge on any atom is -0.372 e. The zero-order chi connectivity index (χ0) is 16.4. The number of hydrogen-bond donors (Lipinski definition) is 1. The number of rotatable bonds is 4. The van der Waals surface area contributed by atoms with Gasteiger partial charge < -0.3 is 19.4 Å². The van der Waals surface area contributed by atoms with Gasteiger partial charge in [0.2, 0.25) is 0 Å². The van der Waals surface area contributed by atoms with Crippen molar-refractivity contribution < 1.29 is 14.3 Å². The first-order chi connectivity index (χ1) is 11.8. The molecule has 2 aliphatic heterocycles. The highest BCUT2D eigenvalue weighted by atomic mass is 16.5. The number of aromatic nitrogens is 3. The summed E-state index contributed by atoms with van der Waals surface area (Å²) in [6, 6.07) is 9.69. The monoisotopic (exact) mass is 328 g/mol. The van der Waals surface area contributed by atoms with Crippen molar-refractivity contribution in [1.82, 2.24) is 20.1 Å². The van der Waals surface area contributed by atoms with Gasteiger partial charge in [0.25, 0.3) is 5.91 Å². The van der Waals surface area contributed by atoms with Gasteiger partial charge in [-0.3, -0.25) is 4.79 Å². The van der Waals surface area contributed by atoms with Gasteiger partial charge in [-0.1, -0.05) is 30.3 Å². The molecule has 7 nitrogen and oxygen atoms in total. The predicted molar refractivity (Wildman–Crippen MR) is 84.8 cm³/mol. The topological polar surface area (TPSA) is 78.3 Å². The summed E-state index contributed by atoms with van der Waals surface area (Å²) < 4.78 is 13.3. The molecule has 1 atom stereocenters. The van der Waals surface area contributed by atoms with Crippen LogP contribution in [0.2, 0.25) is 0 Å². The Kier molecular flexibility index (Phi) is 4.03. The lowest BCUT2D eigenvalue weighted by molar-refractivity contribution is -0.142. The summed E-state index contributed by atoms with van der Waals surface area (Å²) in [5, 5.41) is 11.3. The standard InChI is InChI=1S/C17H20N4O3/c22-16(17(7-4-9-24-17)13-5-2-1-3-6-13)18-11-14-19-20-15-12-23-10-8-21(14)15/h1-3,5-6H,4,7-12H2,(H,18,22). The van der Waals surface area contributed by atoms with Gasteiger partial charge in [0.05, 0.1) is 13.2 Å². The second-order valence-corrected chi connectivity index (χ2v) is 6.06. The van der Waals surface area contributed by atoms with Gasteiger partial charge in [0.1, 0.15) is 6.61 Å². The molecule has 3 heterocycles. The van der Waals surface area contributed by atoms with Gasteiger partial charge in [-0.2, -0.15) is 0 Å². The maximum absolute atomic E-state index is 12.9. The molecule has 0 aliphatic carbocycles. The molecule has 0 bridgehead atoms. The minimum absolute atomic E-state index is 0.115. The van der Waals surface area contributed by atoms with E-state index in [1.165, 1.54) is 0 Å². The van der Waals surface area contributed by atoms with E-state index in [1.54, 1.807) is 0 Å². The van der Waals surface area contributed by atoms with Crippen LogP contribution in [-0.2, 0) is 39.6 Å². The molecule has 1 aromatic heterocycles. The molecule has 1 amide bonds. The van der Waals surface area contributed by atoms with Crippen LogP contribution >= 0.6 is 0 Å². The Morgan fingerprint density at radius 1 is 1.25 bits per heavy atom. The van der Waals surface area contributed by atoms with E-state index in [2.05, 4.69) is 15.5 Å². The molecule has 2 aliphatic rings. The Morgan fingerprint density at radius 3 is 2.92 bits per heavy atom. The molecule has 7 heteroatoms. The van der Waals surface area contributed by atoms with Gasteiger partial charge in [0, 0.05) is 13.2 Å². The van der Waals surface area contributed by atoms with Crippen LogP contribution in [-0.4, -0.2) is 33.9 Å². The fraction of sp³-hybridized carbons (Fsp3) is 0.471. The molecule has 126 valence electrons. The van der Waals surface area contributed by atoms with Crippen molar-refractivity contribution in [2.24, 2.45) is 0 Å². The molecule has 0 saturated carbocycles. The van der Waals surface area contributed by atoms with E-state index in [-0.39, 0.29) is 5.91 Å². The highest BCUT2D eigenvalue weighted by molar-refractivity contribution is 5.86. The van der Waals surface area contributed by atoms with Crippen molar-refractivity contribution in [1.29, 1.82) is 0 Å². The van der Waals surface area contributed by atoms with E-state index in [0.717, 1.165) is 23.6 Å². The summed E-state index contributed by atoms with van der Waals surface area (Å²) in [4.78, 5) is 12.9. The predicted octanol–water partition coefficient (Wildman–Crippen LogP) is 1.13. The summed E-state index contributed by atoms with van der Waals surface area (Å²) in [5.74, 6) is 1.44. The second-order valence-electron chi connectivity index (χ2n) is 6.06. The summed E-state index contributed by atoms with van der Waals surface area (Å²) in [5.41, 5.74) is 0.00597. The maximum atomic E-state index is 12.9. The maximum Gasteiger partial charge on any atom is 0.257 e. The number of hydrogen-bond acceptors (Lipinski definition) is 5. The Bertz CT molecular complexity index is 723. The molecule has 0 radical (unpaired) electrons. The SMILES string of the molecule is O=C(NCc1nnc2n1CCOC2)C1(c2ccccc2)CCCO1. The molecular weight excluding hydrogens is 308 g/mol. The van der Waals surface area contributed by atoms with E-state index >= 15 is 0 Å². The second kappa shape index (κ2) is 6.33. The Labute approximate surface area is 140 Å². The van der Waals surface area contributed by atoms with E-state index in [0.29, 0.717) is 39.3 Å². The number of amides is 1. The van der Waals surface area contributed by atoms with Crippen molar-refractivity contribution >= 4 is 5.91 Å². The van der Waals surface area contributed by atoms with Gasteiger partial charge >= 0.3 is 0 Å². The average molecular weight is 328 g/mol. The van der Waals surface area contributed by atoms with E-state index in [1.807, 2.05) is 34.9 Å². The van der Waals surface area contributed by atoms with Crippen LogP contribution in [0, 0.1) is 0 Å². The largest absolute Gasteiger partial charge is 0.372 e. The summed E-state index contributed by atoms with van der Waals surface area (Å²) in [6.45, 7) is 2.76. The van der Waals surface area contributed by atoms with Crippen molar-refractivity contribution in [3.8, 4) is 0 Å². The number of benzene rings is 1. The van der Waals surface area contributed by atoms with Crippen LogP contribution in [0.25, 0.3) is 0 Å². The lowest BCUT2D eigenvalue weighted by Gasteiger charge is -2.27. The first-order valence-electron chi connectivity index (χ1n) is 8.26. The molecule has 1 fully saturated rings. The van der Waals surface area contributed by atoms with Gasteiger partial charge in [0.15, 0.2) is 17.2 Å². The third kappa shape index (κ3) is 2.59. The quantitative estimate of drug-likeness (QED) is 0.910. The zero-order valence-corrected chi connectivity index (χ0v) is 13.4. The molecule has 1 N–H and O–H groups in total. The van der Waals surface area contributed by atoms with Gasteiger partial charge in [-0.05, 0) is 18.4 Å². The normalized spacial score (nSPS) is 23.0. The average Bonchev–Trinajstić information content (AvgIpc) is 3.29. The minimum atomic E-state index is -0.894. The number of ether oxygens (including phenoxy) is 2. The fourth-order valence-electron chi connectivity index (χ4n) is 3.37. The highest BCUT2D eigenvalue weighted by Crippen LogP contribution is 2.36. The van der Waals surface area contributed by atoms with Crippen molar-refractivity contribution in [2.75, 3.05) is 13.2 Å². The highest BCUT2D eigenvalue weighted by Gasteiger charge is 2.44. The Morgan fingerprint density at radius 2 is 2.12 bits per heavy atom. The Balaban J connectivity index is 1.51. The molecule has 1 aromatic carbocycles. The number of nitrogens with one attached hydrogen (secondary N) is 1. The fourth-order valence-corrected chi connectivity index (χ4v) is 3.37. The van der Waals surface area contributed by atoms with Gasteiger partial charge in [-0.15, -0.1) is 10.2 Å². The van der Waals surface area contributed by atoms with Crippen molar-refractivity contribution in [2.45, 2.75) is 38.1 Å². The van der Waals surface area contributed by atoms with Crippen LogP contribution in [0.4, 0.5) is 0 Å². The zero-order valence-electron chi connectivity index (χ0n) is 13.4. The first-order valence-corrected chi connectivity index (χ1v) is 8.26. The Hall–Kier alpha value is -2.25.